The van der Waals surface area contributed by atoms with Crippen molar-refractivity contribution in [1.82, 2.24) is 10.3 Å². The second kappa shape index (κ2) is 7.14. The second-order valence-electron chi connectivity index (χ2n) is 4.65. The molecule has 0 amide bonds. The van der Waals surface area contributed by atoms with Crippen molar-refractivity contribution < 1.29 is 4.42 Å². The molecule has 3 aromatic rings. The molecular weight excluding hydrogens is 367 g/mol. The molecule has 0 fully saturated rings. The highest BCUT2D eigenvalue weighted by atomic mass is 35.5. The van der Waals surface area contributed by atoms with Crippen LogP contribution in [-0.4, -0.2) is 16.4 Å². The van der Waals surface area contributed by atoms with Crippen molar-refractivity contribution in [1.29, 1.82) is 5.26 Å². The van der Waals surface area contributed by atoms with Crippen LogP contribution in [0.4, 0.5) is 5.69 Å². The first kappa shape index (κ1) is 16.7. The lowest BCUT2D eigenvalue weighted by atomic mass is 10.2. The lowest BCUT2D eigenvalue weighted by Crippen LogP contribution is -2.12. The van der Waals surface area contributed by atoms with Crippen molar-refractivity contribution in [2.45, 2.75) is 0 Å². The molecule has 0 radical (unpaired) electrons. The minimum Gasteiger partial charge on any atom is -0.436 e. The Bertz CT molecular complexity index is 978. The maximum Gasteiger partial charge on any atom is 0.228 e. The predicted octanol–water partition coefficient (Wildman–Crippen LogP) is 5.22. The monoisotopic (exact) mass is 376 g/mol. The molecule has 1 N–H and O–H groups in total. The number of rotatable bonds is 2. The van der Waals surface area contributed by atoms with Crippen molar-refractivity contribution in [3.05, 3.63) is 46.4 Å². The standard InChI is InChI=1S/C16H10Cl2N4OS/c1-24-16(20-8-19)21-10-3-5-14-13(7-10)22-15(23-14)11-4-2-9(17)6-12(11)18/h2-7H,1H3,(H,20,21). The molecule has 0 spiro atoms. The molecule has 0 bridgehead atoms. The van der Waals surface area contributed by atoms with Crippen LogP contribution in [0.25, 0.3) is 22.6 Å². The quantitative estimate of drug-likeness (QED) is 0.287. The van der Waals surface area contributed by atoms with Gasteiger partial charge in [-0.3, -0.25) is 5.32 Å². The lowest BCUT2D eigenvalue weighted by Gasteiger charge is -1.99. The fraction of sp³-hybridized carbons (Fsp3) is 0.0625. The van der Waals surface area contributed by atoms with Gasteiger partial charge in [0.2, 0.25) is 5.89 Å². The zero-order valence-corrected chi connectivity index (χ0v) is 14.7. The van der Waals surface area contributed by atoms with Crippen molar-refractivity contribution >= 4 is 56.9 Å². The van der Waals surface area contributed by atoms with Gasteiger partial charge in [-0.2, -0.15) is 5.26 Å². The molecule has 1 heterocycles. The third-order valence-corrected chi connectivity index (χ3v) is 4.25. The van der Waals surface area contributed by atoms with Gasteiger partial charge in [0.05, 0.1) is 16.3 Å². The minimum atomic E-state index is 0.410. The van der Waals surface area contributed by atoms with E-state index in [0.29, 0.717) is 43.5 Å². The number of halogens is 2. The molecule has 5 nitrogen and oxygen atoms in total. The topological polar surface area (TPSA) is 74.2 Å². The SMILES string of the molecule is CSC(=Nc1ccc2oc(-c3ccc(Cl)cc3Cl)nc2c1)NC#N. The Balaban J connectivity index is 2.02. The minimum absolute atomic E-state index is 0.410. The molecule has 8 heteroatoms. The van der Waals surface area contributed by atoms with E-state index in [-0.39, 0.29) is 0 Å². The van der Waals surface area contributed by atoms with Crippen LogP contribution in [0.3, 0.4) is 0 Å². The highest BCUT2D eigenvalue weighted by Gasteiger charge is 2.12. The first-order valence-corrected chi connectivity index (χ1v) is 8.72. The molecule has 3 rings (SSSR count). The van der Waals surface area contributed by atoms with Gasteiger partial charge in [-0.15, -0.1) is 0 Å². The summed E-state index contributed by atoms with van der Waals surface area (Å²) in [6.07, 6.45) is 3.68. The van der Waals surface area contributed by atoms with Crippen LogP contribution >= 0.6 is 35.0 Å². The van der Waals surface area contributed by atoms with Gasteiger partial charge < -0.3 is 4.42 Å². The molecule has 0 saturated heterocycles. The van der Waals surface area contributed by atoms with Crippen molar-refractivity contribution in [3.63, 3.8) is 0 Å². The van der Waals surface area contributed by atoms with E-state index in [1.54, 1.807) is 36.4 Å². The van der Waals surface area contributed by atoms with Gasteiger partial charge in [0.15, 0.2) is 16.9 Å². The third-order valence-electron chi connectivity index (χ3n) is 3.12. The summed E-state index contributed by atoms with van der Waals surface area (Å²) < 4.78 is 5.75. The number of amidine groups is 1. The number of fused-ring (bicyclic) bond motifs is 1. The van der Waals surface area contributed by atoms with Crippen LogP contribution in [0, 0.1) is 11.5 Å². The van der Waals surface area contributed by atoms with E-state index in [0.717, 1.165) is 0 Å². The van der Waals surface area contributed by atoms with Crippen molar-refractivity contribution in [3.8, 4) is 17.6 Å². The number of aromatic nitrogens is 1. The van der Waals surface area contributed by atoms with E-state index in [2.05, 4.69) is 15.3 Å². The van der Waals surface area contributed by atoms with E-state index in [1.807, 2.05) is 12.4 Å². The highest BCUT2D eigenvalue weighted by molar-refractivity contribution is 8.13. The molecule has 24 heavy (non-hydrogen) atoms. The Morgan fingerprint density at radius 3 is 2.83 bits per heavy atom. The smallest absolute Gasteiger partial charge is 0.228 e. The predicted molar refractivity (Wildman–Crippen MR) is 98.8 cm³/mol. The normalized spacial score (nSPS) is 11.5. The molecule has 0 aliphatic carbocycles. The van der Waals surface area contributed by atoms with Crippen molar-refractivity contribution in [2.75, 3.05) is 6.26 Å². The Kier molecular flexibility index (Phi) is 4.95. The molecular formula is C16H10Cl2N4OS. The number of aliphatic imine (C=N–C) groups is 1. The van der Waals surface area contributed by atoms with Gasteiger partial charge >= 0.3 is 0 Å². The molecule has 0 atom stereocenters. The summed E-state index contributed by atoms with van der Waals surface area (Å²) in [4.78, 5) is 8.81. The van der Waals surface area contributed by atoms with E-state index in [4.69, 9.17) is 32.9 Å². The van der Waals surface area contributed by atoms with Gasteiger partial charge in [-0.05, 0) is 42.7 Å². The summed E-state index contributed by atoms with van der Waals surface area (Å²) in [5.74, 6) is 0.410. The summed E-state index contributed by atoms with van der Waals surface area (Å²) in [6, 6.07) is 10.5. The Hall–Kier alpha value is -2.20. The number of nitrogens with zero attached hydrogens (tertiary/aromatic N) is 3. The Labute approximate surface area is 152 Å². The Morgan fingerprint density at radius 1 is 1.29 bits per heavy atom. The molecule has 1 aromatic heterocycles. The van der Waals surface area contributed by atoms with E-state index >= 15 is 0 Å². The van der Waals surface area contributed by atoms with Crippen LogP contribution in [0.1, 0.15) is 0 Å². The molecule has 0 unspecified atom stereocenters. The number of nitriles is 1. The lowest BCUT2D eigenvalue weighted by molar-refractivity contribution is 0.620. The van der Waals surface area contributed by atoms with Crippen LogP contribution in [-0.2, 0) is 0 Å². The van der Waals surface area contributed by atoms with Crippen molar-refractivity contribution in [2.24, 2.45) is 4.99 Å². The van der Waals surface area contributed by atoms with Gasteiger partial charge in [0.1, 0.15) is 5.52 Å². The highest BCUT2D eigenvalue weighted by Crippen LogP contribution is 2.32. The van der Waals surface area contributed by atoms with Crippen LogP contribution < -0.4 is 5.32 Å². The number of hydrogen-bond acceptors (Lipinski definition) is 5. The zero-order valence-electron chi connectivity index (χ0n) is 12.4. The fourth-order valence-corrected chi connectivity index (χ4v) is 2.89. The summed E-state index contributed by atoms with van der Waals surface area (Å²) in [7, 11) is 0. The Morgan fingerprint density at radius 2 is 2.12 bits per heavy atom. The number of oxazole rings is 1. The maximum atomic E-state index is 8.69. The second-order valence-corrected chi connectivity index (χ2v) is 6.29. The molecule has 2 aromatic carbocycles. The summed E-state index contributed by atoms with van der Waals surface area (Å²) >= 11 is 13.5. The van der Waals surface area contributed by atoms with E-state index in [1.165, 1.54) is 11.8 Å². The summed E-state index contributed by atoms with van der Waals surface area (Å²) in [5.41, 5.74) is 2.60. The summed E-state index contributed by atoms with van der Waals surface area (Å²) in [5, 5.41) is 12.7. The number of nitrogens with one attached hydrogen (secondary N) is 1. The average molecular weight is 377 g/mol. The first-order valence-electron chi connectivity index (χ1n) is 6.74. The van der Waals surface area contributed by atoms with Gasteiger partial charge in [0.25, 0.3) is 0 Å². The largest absolute Gasteiger partial charge is 0.436 e. The van der Waals surface area contributed by atoms with Gasteiger partial charge in [-0.25, -0.2) is 9.98 Å². The van der Waals surface area contributed by atoms with Crippen LogP contribution in [0.5, 0.6) is 0 Å². The molecule has 0 aliphatic rings. The number of hydrogen-bond donors (Lipinski definition) is 1. The van der Waals surface area contributed by atoms with Crippen LogP contribution in [0.2, 0.25) is 10.0 Å². The third kappa shape index (κ3) is 3.49. The van der Waals surface area contributed by atoms with Gasteiger partial charge in [0, 0.05) is 5.02 Å². The van der Waals surface area contributed by atoms with Crippen LogP contribution in [0.15, 0.2) is 45.8 Å². The fourth-order valence-electron chi connectivity index (χ4n) is 2.05. The van der Waals surface area contributed by atoms with E-state index < -0.39 is 0 Å². The maximum absolute atomic E-state index is 8.69. The average Bonchev–Trinajstić information content (AvgIpc) is 2.97. The zero-order chi connectivity index (χ0) is 17.1. The first-order chi connectivity index (χ1) is 11.6. The molecule has 0 saturated carbocycles. The van der Waals surface area contributed by atoms with E-state index in [9.17, 15) is 0 Å². The number of benzene rings is 2. The molecule has 0 aliphatic heterocycles. The number of thioether (sulfide) groups is 1. The molecule has 120 valence electrons. The summed E-state index contributed by atoms with van der Waals surface area (Å²) in [6.45, 7) is 0. The van der Waals surface area contributed by atoms with Gasteiger partial charge in [-0.1, -0.05) is 35.0 Å².